The van der Waals surface area contributed by atoms with E-state index in [2.05, 4.69) is 0 Å². The van der Waals surface area contributed by atoms with Crippen molar-refractivity contribution in [1.29, 1.82) is 0 Å². The van der Waals surface area contributed by atoms with E-state index in [1.54, 1.807) is 23.3 Å². The van der Waals surface area contributed by atoms with Gasteiger partial charge in [0.05, 0.1) is 17.7 Å². The first-order valence-corrected chi connectivity index (χ1v) is 11.1. The number of nitro benzene ring substituents is 1. The topological polar surface area (TPSA) is 96.9 Å². The summed E-state index contributed by atoms with van der Waals surface area (Å²) in [5.74, 6) is -0.0275. The van der Waals surface area contributed by atoms with Gasteiger partial charge in [-0.2, -0.15) is 0 Å². The molecule has 2 amide bonds. The molecule has 0 atom stereocenters. The van der Waals surface area contributed by atoms with E-state index in [4.69, 9.17) is 4.42 Å². The molecule has 2 aromatic carbocycles. The van der Waals surface area contributed by atoms with E-state index >= 15 is 0 Å². The van der Waals surface area contributed by atoms with Crippen LogP contribution in [-0.4, -0.2) is 45.2 Å². The molecule has 0 aliphatic carbocycles. The first-order valence-electron chi connectivity index (χ1n) is 11.1. The van der Waals surface area contributed by atoms with E-state index in [1.807, 2.05) is 51.1 Å². The van der Waals surface area contributed by atoms with E-state index in [0.717, 1.165) is 5.56 Å². The molecule has 0 spiro atoms. The summed E-state index contributed by atoms with van der Waals surface area (Å²) in [6.45, 7) is 6.05. The van der Waals surface area contributed by atoms with Crippen molar-refractivity contribution in [3.63, 3.8) is 0 Å². The van der Waals surface area contributed by atoms with Gasteiger partial charge in [0.15, 0.2) is 0 Å². The molecule has 1 aromatic heterocycles. The van der Waals surface area contributed by atoms with Crippen molar-refractivity contribution >= 4 is 17.5 Å². The standard InChI is InChI=1S/C26H29N3O5/c1-26(2,3)28(25(31)21-11-7-12-22(17-21)29(32)33)19-24(30)27(18-23-13-8-16-34-23)15-14-20-9-5-4-6-10-20/h4-13,16-17H,14-15,18-19H2,1-3H3. The molecule has 0 aliphatic rings. The maximum atomic E-state index is 13.4. The summed E-state index contributed by atoms with van der Waals surface area (Å²) < 4.78 is 5.45. The molecule has 0 saturated heterocycles. The van der Waals surface area contributed by atoms with Gasteiger partial charge < -0.3 is 14.2 Å². The average molecular weight is 464 g/mol. The highest BCUT2D eigenvalue weighted by Gasteiger charge is 2.31. The van der Waals surface area contributed by atoms with E-state index in [0.29, 0.717) is 18.7 Å². The molecule has 0 unspecified atom stereocenters. The predicted octanol–water partition coefficient (Wildman–Crippen LogP) is 4.70. The fourth-order valence-electron chi connectivity index (χ4n) is 3.55. The number of amides is 2. The Hall–Kier alpha value is -3.94. The number of rotatable bonds is 9. The second-order valence-corrected chi connectivity index (χ2v) is 9.00. The second kappa shape index (κ2) is 10.8. The molecule has 3 aromatic rings. The number of hydrogen-bond acceptors (Lipinski definition) is 5. The van der Waals surface area contributed by atoms with Crippen molar-refractivity contribution in [3.05, 3.63) is 100.0 Å². The molecule has 1 heterocycles. The fraction of sp³-hybridized carbons (Fsp3) is 0.308. The van der Waals surface area contributed by atoms with Gasteiger partial charge in [-0.05, 0) is 51.0 Å². The Morgan fingerprint density at radius 2 is 1.74 bits per heavy atom. The highest BCUT2D eigenvalue weighted by molar-refractivity contribution is 5.97. The average Bonchev–Trinajstić information content (AvgIpc) is 3.33. The lowest BCUT2D eigenvalue weighted by Crippen LogP contribution is -2.51. The molecule has 178 valence electrons. The van der Waals surface area contributed by atoms with Gasteiger partial charge in [-0.3, -0.25) is 19.7 Å². The molecule has 0 aliphatic heterocycles. The Morgan fingerprint density at radius 3 is 2.35 bits per heavy atom. The van der Waals surface area contributed by atoms with Crippen molar-refractivity contribution in [1.82, 2.24) is 9.80 Å². The second-order valence-electron chi connectivity index (χ2n) is 9.00. The van der Waals surface area contributed by atoms with E-state index in [1.165, 1.54) is 29.2 Å². The summed E-state index contributed by atoms with van der Waals surface area (Å²) in [6, 6.07) is 19.0. The lowest BCUT2D eigenvalue weighted by atomic mass is 10.0. The number of benzene rings is 2. The molecule has 3 rings (SSSR count). The Bertz CT molecular complexity index is 1120. The van der Waals surface area contributed by atoms with Gasteiger partial charge in [0.25, 0.3) is 11.6 Å². The van der Waals surface area contributed by atoms with E-state index < -0.39 is 16.4 Å². The Morgan fingerprint density at radius 1 is 1.00 bits per heavy atom. The van der Waals surface area contributed by atoms with Gasteiger partial charge in [-0.25, -0.2) is 0 Å². The number of carbonyl (C=O) groups is 2. The quantitative estimate of drug-likeness (QED) is 0.338. The number of non-ortho nitro benzene ring substituents is 1. The summed E-state index contributed by atoms with van der Waals surface area (Å²) in [5.41, 5.74) is 0.403. The first-order chi connectivity index (χ1) is 16.1. The van der Waals surface area contributed by atoms with Gasteiger partial charge in [0, 0.05) is 29.8 Å². The van der Waals surface area contributed by atoms with Crippen molar-refractivity contribution < 1.29 is 18.9 Å². The number of furan rings is 1. The zero-order chi connectivity index (χ0) is 24.7. The summed E-state index contributed by atoms with van der Waals surface area (Å²) in [6.07, 6.45) is 2.21. The summed E-state index contributed by atoms with van der Waals surface area (Å²) in [5, 5.41) is 11.2. The van der Waals surface area contributed by atoms with Gasteiger partial charge in [-0.1, -0.05) is 36.4 Å². The zero-order valence-electron chi connectivity index (χ0n) is 19.6. The van der Waals surface area contributed by atoms with Crippen LogP contribution in [0.25, 0.3) is 0 Å². The van der Waals surface area contributed by atoms with Crippen LogP contribution in [-0.2, 0) is 17.8 Å². The highest BCUT2D eigenvalue weighted by Crippen LogP contribution is 2.21. The molecular weight excluding hydrogens is 434 g/mol. The minimum atomic E-state index is -0.687. The maximum Gasteiger partial charge on any atom is 0.270 e. The van der Waals surface area contributed by atoms with Crippen LogP contribution in [0.2, 0.25) is 0 Å². The number of nitro groups is 1. The summed E-state index contributed by atoms with van der Waals surface area (Å²) in [7, 11) is 0. The van der Waals surface area contributed by atoms with Crippen LogP contribution in [0.15, 0.2) is 77.4 Å². The number of hydrogen-bond donors (Lipinski definition) is 0. The van der Waals surface area contributed by atoms with Gasteiger partial charge in [0.2, 0.25) is 5.91 Å². The minimum absolute atomic E-state index is 0.166. The Labute approximate surface area is 198 Å². The summed E-state index contributed by atoms with van der Waals surface area (Å²) >= 11 is 0. The smallest absolute Gasteiger partial charge is 0.270 e. The molecule has 8 nitrogen and oxygen atoms in total. The third-order valence-corrected chi connectivity index (χ3v) is 5.44. The molecule has 0 N–H and O–H groups in total. The fourth-order valence-corrected chi connectivity index (χ4v) is 3.55. The monoisotopic (exact) mass is 463 g/mol. The molecule has 34 heavy (non-hydrogen) atoms. The van der Waals surface area contributed by atoms with Crippen LogP contribution in [0, 0.1) is 10.1 Å². The van der Waals surface area contributed by atoms with Gasteiger partial charge in [-0.15, -0.1) is 0 Å². The van der Waals surface area contributed by atoms with Gasteiger partial charge in [0.1, 0.15) is 12.3 Å². The molecule has 8 heteroatoms. The van der Waals surface area contributed by atoms with Crippen LogP contribution in [0.5, 0.6) is 0 Å². The molecule has 0 fully saturated rings. The van der Waals surface area contributed by atoms with Crippen LogP contribution < -0.4 is 0 Å². The molecule has 0 bridgehead atoms. The van der Waals surface area contributed by atoms with E-state index in [-0.39, 0.29) is 30.2 Å². The lowest BCUT2D eigenvalue weighted by molar-refractivity contribution is -0.384. The largest absolute Gasteiger partial charge is 0.467 e. The molecule has 0 radical (unpaired) electrons. The van der Waals surface area contributed by atoms with Crippen LogP contribution in [0.4, 0.5) is 5.69 Å². The lowest BCUT2D eigenvalue weighted by Gasteiger charge is -2.36. The normalized spacial score (nSPS) is 11.1. The van der Waals surface area contributed by atoms with Crippen molar-refractivity contribution in [2.45, 2.75) is 39.3 Å². The number of carbonyl (C=O) groups excluding carboxylic acids is 2. The van der Waals surface area contributed by atoms with E-state index in [9.17, 15) is 19.7 Å². The predicted molar refractivity (Wildman–Crippen MR) is 128 cm³/mol. The van der Waals surface area contributed by atoms with Crippen LogP contribution in [0.1, 0.15) is 42.5 Å². The SMILES string of the molecule is CC(C)(C)N(CC(=O)N(CCc1ccccc1)Cc1ccco1)C(=O)c1cccc([N+](=O)[O-])c1. The molecule has 0 saturated carbocycles. The Kier molecular flexibility index (Phi) is 7.83. The first kappa shape index (κ1) is 24.7. The summed E-state index contributed by atoms with van der Waals surface area (Å²) in [4.78, 5) is 40.5. The third kappa shape index (κ3) is 6.54. The minimum Gasteiger partial charge on any atom is -0.467 e. The Balaban J connectivity index is 1.82. The van der Waals surface area contributed by atoms with Crippen molar-refractivity contribution in [2.24, 2.45) is 0 Å². The third-order valence-electron chi connectivity index (χ3n) is 5.44. The number of nitrogens with zero attached hydrogens (tertiary/aromatic N) is 3. The van der Waals surface area contributed by atoms with Crippen molar-refractivity contribution in [3.8, 4) is 0 Å². The maximum absolute atomic E-state index is 13.4. The highest BCUT2D eigenvalue weighted by atomic mass is 16.6. The van der Waals surface area contributed by atoms with Crippen LogP contribution >= 0.6 is 0 Å². The van der Waals surface area contributed by atoms with Crippen molar-refractivity contribution in [2.75, 3.05) is 13.1 Å². The zero-order valence-corrected chi connectivity index (χ0v) is 19.6. The van der Waals surface area contributed by atoms with Crippen LogP contribution in [0.3, 0.4) is 0 Å². The van der Waals surface area contributed by atoms with Gasteiger partial charge >= 0.3 is 0 Å². The molecular formula is C26H29N3O5.